The Morgan fingerprint density at radius 2 is 1.95 bits per heavy atom. The third kappa shape index (κ3) is 3.02. The number of thiocarbonyl (C=S) groups is 1. The van der Waals surface area contributed by atoms with Gasteiger partial charge in [0.15, 0.2) is 17.5 Å². The van der Waals surface area contributed by atoms with E-state index in [0.29, 0.717) is 10.0 Å². The zero-order valence-electron chi connectivity index (χ0n) is 9.32. The van der Waals surface area contributed by atoms with Gasteiger partial charge in [-0.15, -0.1) is 5.10 Å². The zero-order valence-corrected chi connectivity index (χ0v) is 11.7. The number of rotatable bonds is 3. The predicted molar refractivity (Wildman–Crippen MR) is 75.3 cm³/mol. The lowest BCUT2D eigenvalue weighted by atomic mass is 10.2. The molecule has 0 atom stereocenters. The van der Waals surface area contributed by atoms with E-state index in [1.807, 2.05) is 0 Å². The summed E-state index contributed by atoms with van der Waals surface area (Å²) in [5.41, 5.74) is 5.50. The smallest absolute Gasteiger partial charge is 0.163 e. The van der Waals surface area contributed by atoms with Crippen LogP contribution in [0.3, 0.4) is 0 Å². The van der Waals surface area contributed by atoms with Crippen molar-refractivity contribution in [3.8, 4) is 0 Å². The summed E-state index contributed by atoms with van der Waals surface area (Å²) in [6, 6.07) is 3.76. The second-order valence-electron chi connectivity index (χ2n) is 3.53. The van der Waals surface area contributed by atoms with E-state index >= 15 is 0 Å². The molecule has 0 saturated heterocycles. The first-order valence-electron chi connectivity index (χ1n) is 5.02. The van der Waals surface area contributed by atoms with Crippen LogP contribution in [0, 0.1) is 11.6 Å². The highest BCUT2D eigenvalue weighted by Gasteiger charge is 2.14. The Hall–Kier alpha value is -1.67. The number of halogens is 3. The van der Waals surface area contributed by atoms with Gasteiger partial charge in [0, 0.05) is 4.47 Å². The van der Waals surface area contributed by atoms with Crippen LogP contribution in [-0.2, 0) is 0 Å². The van der Waals surface area contributed by atoms with Crippen LogP contribution in [0.5, 0.6) is 0 Å². The average Bonchev–Trinajstić information content (AvgIpc) is 2.34. The van der Waals surface area contributed by atoms with Crippen molar-refractivity contribution >= 4 is 44.6 Å². The van der Waals surface area contributed by atoms with Crippen molar-refractivity contribution in [2.24, 2.45) is 5.73 Å². The Kier molecular flexibility index (Phi) is 4.01. The third-order valence-electron chi connectivity index (χ3n) is 2.24. The molecule has 19 heavy (non-hydrogen) atoms. The third-order valence-corrected chi connectivity index (χ3v) is 2.91. The standard InChI is InChI=1S/C11H7BrF2N4S/c12-5-3-7(13)9(8(14)4-5)17-11-6(10(15)19)1-2-16-18-11/h1-4H,(H2,15,19)(H,17,18). The molecule has 1 aromatic heterocycles. The fourth-order valence-corrected chi connectivity index (χ4v) is 1.97. The van der Waals surface area contributed by atoms with E-state index < -0.39 is 11.6 Å². The van der Waals surface area contributed by atoms with Crippen LogP contribution in [0.4, 0.5) is 20.3 Å². The van der Waals surface area contributed by atoms with Crippen molar-refractivity contribution < 1.29 is 8.78 Å². The molecule has 0 amide bonds. The van der Waals surface area contributed by atoms with Gasteiger partial charge in [-0.2, -0.15) is 5.10 Å². The molecule has 4 nitrogen and oxygen atoms in total. The molecule has 0 spiro atoms. The summed E-state index contributed by atoms with van der Waals surface area (Å²) in [6.07, 6.45) is 1.38. The number of aromatic nitrogens is 2. The van der Waals surface area contributed by atoms with Gasteiger partial charge >= 0.3 is 0 Å². The monoisotopic (exact) mass is 344 g/mol. The molecule has 0 bridgehead atoms. The molecular formula is C11H7BrF2N4S. The van der Waals surface area contributed by atoms with Crippen LogP contribution in [0.1, 0.15) is 5.56 Å². The minimum atomic E-state index is -0.772. The van der Waals surface area contributed by atoms with Crippen molar-refractivity contribution in [2.75, 3.05) is 5.32 Å². The number of nitrogens with zero attached hydrogens (tertiary/aromatic N) is 2. The van der Waals surface area contributed by atoms with Crippen molar-refractivity contribution in [1.29, 1.82) is 0 Å². The Morgan fingerprint density at radius 3 is 2.53 bits per heavy atom. The largest absolute Gasteiger partial charge is 0.389 e. The Bertz CT molecular complexity index is 627. The lowest BCUT2D eigenvalue weighted by Crippen LogP contribution is -2.14. The number of hydrogen-bond acceptors (Lipinski definition) is 4. The lowest BCUT2D eigenvalue weighted by molar-refractivity contribution is 0.589. The van der Waals surface area contributed by atoms with E-state index in [0.717, 1.165) is 12.1 Å². The van der Waals surface area contributed by atoms with E-state index in [-0.39, 0.29) is 16.5 Å². The maximum atomic E-state index is 13.7. The molecule has 0 aliphatic rings. The molecule has 1 aromatic carbocycles. The molecule has 0 aliphatic heterocycles. The van der Waals surface area contributed by atoms with E-state index in [2.05, 4.69) is 31.4 Å². The molecule has 2 aromatic rings. The van der Waals surface area contributed by atoms with Crippen molar-refractivity contribution in [1.82, 2.24) is 10.2 Å². The van der Waals surface area contributed by atoms with E-state index in [1.165, 1.54) is 12.3 Å². The molecule has 0 fully saturated rings. The molecule has 98 valence electrons. The second kappa shape index (κ2) is 5.54. The quantitative estimate of drug-likeness (QED) is 0.838. The molecule has 1 heterocycles. The van der Waals surface area contributed by atoms with E-state index in [1.54, 1.807) is 0 Å². The van der Waals surface area contributed by atoms with Gasteiger partial charge in [-0.3, -0.25) is 0 Å². The Balaban J connectivity index is 2.45. The molecule has 0 radical (unpaired) electrons. The minimum absolute atomic E-state index is 0.0512. The average molecular weight is 345 g/mol. The van der Waals surface area contributed by atoms with Gasteiger partial charge < -0.3 is 11.1 Å². The maximum Gasteiger partial charge on any atom is 0.163 e. The van der Waals surface area contributed by atoms with Crippen LogP contribution in [0.2, 0.25) is 0 Å². The van der Waals surface area contributed by atoms with Gasteiger partial charge in [0.05, 0.1) is 11.8 Å². The molecular weight excluding hydrogens is 338 g/mol. The first kappa shape index (κ1) is 13.8. The number of nitrogens with one attached hydrogen (secondary N) is 1. The molecule has 8 heteroatoms. The summed E-state index contributed by atoms with van der Waals surface area (Å²) < 4.78 is 27.7. The van der Waals surface area contributed by atoms with Crippen LogP contribution in [-0.4, -0.2) is 15.2 Å². The number of hydrogen-bond donors (Lipinski definition) is 2. The van der Waals surface area contributed by atoms with Gasteiger partial charge in [-0.25, -0.2) is 8.78 Å². The Labute approximate surface area is 121 Å². The first-order valence-corrected chi connectivity index (χ1v) is 6.22. The van der Waals surface area contributed by atoms with Crippen molar-refractivity contribution in [2.45, 2.75) is 0 Å². The number of anilines is 2. The fourth-order valence-electron chi connectivity index (χ4n) is 1.40. The summed E-state index contributed by atoms with van der Waals surface area (Å²) >= 11 is 7.82. The topological polar surface area (TPSA) is 63.8 Å². The predicted octanol–water partition coefficient (Wildman–Crippen LogP) is 2.90. The fraction of sp³-hybridized carbons (Fsp3) is 0. The van der Waals surface area contributed by atoms with Gasteiger partial charge in [0.25, 0.3) is 0 Å². The van der Waals surface area contributed by atoms with Gasteiger partial charge in [0.1, 0.15) is 10.7 Å². The molecule has 0 saturated carbocycles. The highest BCUT2D eigenvalue weighted by Crippen LogP contribution is 2.27. The SMILES string of the molecule is NC(=S)c1ccnnc1Nc1c(F)cc(Br)cc1F. The first-order chi connectivity index (χ1) is 8.99. The van der Waals surface area contributed by atoms with E-state index in [9.17, 15) is 8.78 Å². The summed E-state index contributed by atoms with van der Waals surface area (Å²) in [4.78, 5) is 0.0512. The van der Waals surface area contributed by atoms with Crippen molar-refractivity contribution in [3.05, 3.63) is 46.1 Å². The highest BCUT2D eigenvalue weighted by atomic mass is 79.9. The van der Waals surface area contributed by atoms with Crippen LogP contribution in [0.15, 0.2) is 28.9 Å². The summed E-state index contributed by atoms with van der Waals surface area (Å²) in [6.45, 7) is 0. The summed E-state index contributed by atoms with van der Waals surface area (Å²) in [5, 5.41) is 9.85. The van der Waals surface area contributed by atoms with E-state index in [4.69, 9.17) is 18.0 Å². The molecule has 3 N–H and O–H groups in total. The lowest BCUT2D eigenvalue weighted by Gasteiger charge is -2.10. The van der Waals surface area contributed by atoms with Crippen LogP contribution < -0.4 is 11.1 Å². The summed E-state index contributed by atoms with van der Waals surface area (Å²) in [7, 11) is 0. The van der Waals surface area contributed by atoms with Gasteiger partial charge in [-0.1, -0.05) is 28.1 Å². The second-order valence-corrected chi connectivity index (χ2v) is 4.88. The normalized spacial score (nSPS) is 10.3. The van der Waals surface area contributed by atoms with Crippen LogP contribution >= 0.6 is 28.1 Å². The van der Waals surface area contributed by atoms with Gasteiger partial charge in [-0.05, 0) is 18.2 Å². The maximum absolute atomic E-state index is 13.7. The Morgan fingerprint density at radius 1 is 1.32 bits per heavy atom. The highest BCUT2D eigenvalue weighted by molar-refractivity contribution is 9.10. The van der Waals surface area contributed by atoms with Crippen molar-refractivity contribution in [3.63, 3.8) is 0 Å². The minimum Gasteiger partial charge on any atom is -0.389 e. The zero-order chi connectivity index (χ0) is 14.0. The van der Waals surface area contributed by atoms with Gasteiger partial charge in [0.2, 0.25) is 0 Å². The molecule has 2 rings (SSSR count). The van der Waals surface area contributed by atoms with Crippen LogP contribution in [0.25, 0.3) is 0 Å². The number of nitrogens with two attached hydrogens (primary N) is 1. The number of benzene rings is 1. The molecule has 0 aliphatic carbocycles. The summed E-state index contributed by atoms with van der Waals surface area (Å²) in [5.74, 6) is -1.45. The molecule has 0 unspecified atom stereocenters.